The van der Waals surface area contributed by atoms with Crippen LogP contribution in [0.1, 0.15) is 24.8 Å². The zero-order valence-corrected chi connectivity index (χ0v) is 13.7. The molecule has 2 aromatic rings. The second-order valence-electron chi connectivity index (χ2n) is 5.89. The average molecular weight is 329 g/mol. The molecule has 1 aromatic heterocycles. The van der Waals surface area contributed by atoms with Crippen molar-refractivity contribution in [2.45, 2.75) is 38.5 Å². The predicted molar refractivity (Wildman–Crippen MR) is 89.6 cm³/mol. The fourth-order valence-electron chi connectivity index (χ4n) is 2.61. The first-order valence-electron chi connectivity index (χ1n) is 8.37. The molecule has 1 atom stereocenters. The van der Waals surface area contributed by atoms with E-state index in [9.17, 15) is 4.79 Å². The van der Waals surface area contributed by atoms with E-state index in [0.717, 1.165) is 30.8 Å². The maximum Gasteiger partial charge on any atom is 0.222 e. The van der Waals surface area contributed by atoms with E-state index in [0.29, 0.717) is 26.1 Å². The topological polar surface area (TPSA) is 65.4 Å². The van der Waals surface area contributed by atoms with E-state index in [2.05, 4.69) is 10.4 Å². The lowest BCUT2D eigenvalue weighted by Crippen LogP contribution is -2.24. The molecule has 0 radical (unpaired) electrons. The van der Waals surface area contributed by atoms with Crippen molar-refractivity contribution in [3.05, 3.63) is 48.3 Å². The number of amides is 1. The van der Waals surface area contributed by atoms with Gasteiger partial charge in [-0.15, -0.1) is 0 Å². The maximum atomic E-state index is 11.8. The predicted octanol–water partition coefficient (Wildman–Crippen LogP) is 2.15. The molecule has 6 nitrogen and oxygen atoms in total. The van der Waals surface area contributed by atoms with Crippen LogP contribution in [-0.4, -0.2) is 35.0 Å². The highest BCUT2D eigenvalue weighted by molar-refractivity contribution is 5.75. The van der Waals surface area contributed by atoms with E-state index in [-0.39, 0.29) is 12.0 Å². The Morgan fingerprint density at radius 1 is 1.38 bits per heavy atom. The van der Waals surface area contributed by atoms with Crippen LogP contribution < -0.4 is 10.1 Å². The van der Waals surface area contributed by atoms with E-state index >= 15 is 0 Å². The Hall–Kier alpha value is -2.34. The van der Waals surface area contributed by atoms with Gasteiger partial charge in [0.25, 0.3) is 0 Å². The zero-order chi connectivity index (χ0) is 16.6. The van der Waals surface area contributed by atoms with Crippen molar-refractivity contribution in [2.75, 3.05) is 13.2 Å². The summed E-state index contributed by atoms with van der Waals surface area (Å²) < 4.78 is 13.0. The van der Waals surface area contributed by atoms with Crippen molar-refractivity contribution in [3.8, 4) is 5.75 Å². The molecule has 1 N–H and O–H groups in total. The van der Waals surface area contributed by atoms with Gasteiger partial charge >= 0.3 is 0 Å². The number of hydrogen-bond acceptors (Lipinski definition) is 4. The number of ether oxygens (including phenoxy) is 2. The van der Waals surface area contributed by atoms with Crippen molar-refractivity contribution in [1.29, 1.82) is 0 Å². The lowest BCUT2D eigenvalue weighted by Gasteiger charge is -2.12. The van der Waals surface area contributed by atoms with Gasteiger partial charge in [0.2, 0.25) is 5.91 Å². The fraction of sp³-hybridized carbons (Fsp3) is 0.444. The number of hydrogen-bond donors (Lipinski definition) is 1. The van der Waals surface area contributed by atoms with Crippen LogP contribution in [0.25, 0.3) is 0 Å². The van der Waals surface area contributed by atoms with Gasteiger partial charge in [0, 0.05) is 38.5 Å². The van der Waals surface area contributed by atoms with Gasteiger partial charge in [-0.1, -0.05) is 12.1 Å². The Labute approximate surface area is 141 Å². The highest BCUT2D eigenvalue weighted by atomic mass is 16.5. The molecular formula is C18H23N3O3. The first-order chi connectivity index (χ1) is 11.8. The molecular weight excluding hydrogens is 306 g/mol. The Balaban J connectivity index is 1.36. The minimum atomic E-state index is 0.0178. The third-order valence-electron chi connectivity index (χ3n) is 4.00. The molecule has 0 bridgehead atoms. The smallest absolute Gasteiger partial charge is 0.222 e. The largest absolute Gasteiger partial charge is 0.491 e. The summed E-state index contributed by atoms with van der Waals surface area (Å²) in [5.74, 6) is 0.850. The van der Waals surface area contributed by atoms with Gasteiger partial charge < -0.3 is 14.8 Å². The number of carbonyl (C=O) groups is 1. The molecule has 0 saturated carbocycles. The van der Waals surface area contributed by atoms with Gasteiger partial charge in [0.15, 0.2) is 0 Å². The molecule has 1 aliphatic heterocycles. The molecule has 1 amide bonds. The first kappa shape index (κ1) is 16.5. The highest BCUT2D eigenvalue weighted by Gasteiger charge is 2.15. The van der Waals surface area contributed by atoms with Crippen LogP contribution in [0.15, 0.2) is 42.7 Å². The highest BCUT2D eigenvalue weighted by Crippen LogP contribution is 2.16. The second kappa shape index (κ2) is 8.49. The number of nitrogens with one attached hydrogen (secondary N) is 1. The summed E-state index contributed by atoms with van der Waals surface area (Å²) >= 11 is 0. The van der Waals surface area contributed by atoms with E-state index < -0.39 is 0 Å². The monoisotopic (exact) mass is 329 g/mol. The minimum Gasteiger partial charge on any atom is -0.491 e. The van der Waals surface area contributed by atoms with Crippen LogP contribution in [0, 0.1) is 0 Å². The number of carbonyl (C=O) groups excluding carboxylic acids is 1. The van der Waals surface area contributed by atoms with Crippen molar-refractivity contribution in [1.82, 2.24) is 15.1 Å². The van der Waals surface area contributed by atoms with Crippen molar-refractivity contribution in [2.24, 2.45) is 0 Å². The van der Waals surface area contributed by atoms with Gasteiger partial charge in [0.1, 0.15) is 12.4 Å². The van der Waals surface area contributed by atoms with Crippen LogP contribution in [-0.2, 0) is 22.6 Å². The molecule has 1 fully saturated rings. The van der Waals surface area contributed by atoms with Gasteiger partial charge in [-0.3, -0.25) is 9.48 Å². The van der Waals surface area contributed by atoms with Gasteiger partial charge in [-0.2, -0.15) is 5.10 Å². The fourth-order valence-corrected chi connectivity index (χ4v) is 2.61. The average Bonchev–Trinajstić information content (AvgIpc) is 3.30. The molecule has 1 aliphatic rings. The SMILES string of the molecule is O=C(CCn1cccn1)NCc1ccc(OC[C@@H]2CCCO2)cc1. The number of rotatable bonds is 8. The van der Waals surface area contributed by atoms with Crippen LogP contribution >= 0.6 is 0 Å². The molecule has 128 valence electrons. The standard InChI is InChI=1S/C18H23N3O3/c22-18(8-11-21-10-2-9-20-21)19-13-15-4-6-16(7-5-15)24-14-17-3-1-12-23-17/h2,4-7,9-10,17H,1,3,8,11-14H2,(H,19,22)/t17-/m0/s1. The lowest BCUT2D eigenvalue weighted by molar-refractivity contribution is -0.121. The molecule has 2 heterocycles. The molecule has 0 spiro atoms. The van der Waals surface area contributed by atoms with Gasteiger partial charge in [-0.25, -0.2) is 0 Å². The summed E-state index contributed by atoms with van der Waals surface area (Å²) in [4.78, 5) is 11.8. The van der Waals surface area contributed by atoms with Gasteiger partial charge in [-0.05, 0) is 36.6 Å². The molecule has 1 aromatic carbocycles. The first-order valence-corrected chi connectivity index (χ1v) is 8.37. The molecule has 0 unspecified atom stereocenters. The molecule has 6 heteroatoms. The Morgan fingerprint density at radius 3 is 2.96 bits per heavy atom. The normalized spacial score (nSPS) is 16.9. The van der Waals surface area contributed by atoms with E-state index in [4.69, 9.17) is 9.47 Å². The summed E-state index contributed by atoms with van der Waals surface area (Å²) in [5, 5.41) is 6.99. The summed E-state index contributed by atoms with van der Waals surface area (Å²) in [6, 6.07) is 9.65. The Bertz CT molecular complexity index is 619. The lowest BCUT2D eigenvalue weighted by atomic mass is 10.2. The molecule has 3 rings (SSSR count). The van der Waals surface area contributed by atoms with E-state index in [1.807, 2.05) is 36.5 Å². The number of aryl methyl sites for hydroxylation is 1. The number of benzene rings is 1. The third kappa shape index (κ3) is 5.09. The Kier molecular flexibility index (Phi) is 5.85. The summed E-state index contributed by atoms with van der Waals surface area (Å²) in [6.45, 7) is 2.55. The van der Waals surface area contributed by atoms with E-state index in [1.54, 1.807) is 10.9 Å². The Morgan fingerprint density at radius 2 is 2.25 bits per heavy atom. The summed E-state index contributed by atoms with van der Waals surface area (Å²) in [7, 11) is 0. The zero-order valence-electron chi connectivity index (χ0n) is 13.7. The quantitative estimate of drug-likeness (QED) is 0.806. The third-order valence-corrected chi connectivity index (χ3v) is 4.00. The van der Waals surface area contributed by atoms with Crippen LogP contribution in [0.4, 0.5) is 0 Å². The molecule has 0 aliphatic carbocycles. The van der Waals surface area contributed by atoms with Crippen LogP contribution in [0.3, 0.4) is 0 Å². The number of aromatic nitrogens is 2. The summed E-state index contributed by atoms with van der Waals surface area (Å²) in [5.41, 5.74) is 1.05. The minimum absolute atomic E-state index is 0.0178. The van der Waals surface area contributed by atoms with Crippen molar-refractivity contribution >= 4 is 5.91 Å². The van der Waals surface area contributed by atoms with Gasteiger partial charge in [0.05, 0.1) is 6.10 Å². The molecule has 24 heavy (non-hydrogen) atoms. The van der Waals surface area contributed by atoms with E-state index in [1.165, 1.54) is 0 Å². The van der Waals surface area contributed by atoms with Crippen LogP contribution in [0.2, 0.25) is 0 Å². The summed E-state index contributed by atoms with van der Waals surface area (Å²) in [6.07, 6.45) is 6.39. The number of nitrogens with zero attached hydrogens (tertiary/aromatic N) is 2. The van der Waals surface area contributed by atoms with Crippen molar-refractivity contribution < 1.29 is 14.3 Å². The van der Waals surface area contributed by atoms with Crippen molar-refractivity contribution in [3.63, 3.8) is 0 Å². The van der Waals surface area contributed by atoms with Crippen LogP contribution in [0.5, 0.6) is 5.75 Å². The second-order valence-corrected chi connectivity index (χ2v) is 5.89. The molecule has 1 saturated heterocycles. The maximum absolute atomic E-state index is 11.8.